The normalized spacial score (nSPS) is 20.5. The zero-order valence-electron chi connectivity index (χ0n) is 5.90. The van der Waals surface area contributed by atoms with Crippen LogP contribution in [0.25, 0.3) is 0 Å². The minimum absolute atomic E-state index is 0.00127. The first kappa shape index (κ1) is 7.86. The van der Waals surface area contributed by atoms with Crippen molar-refractivity contribution in [3.8, 4) is 0 Å². The Morgan fingerprint density at radius 3 is 2.40 bits per heavy atom. The molecule has 1 aliphatic carbocycles. The van der Waals surface area contributed by atoms with Crippen molar-refractivity contribution >= 4 is 17.7 Å². The van der Waals surface area contributed by atoms with E-state index in [1.54, 1.807) is 0 Å². The van der Waals surface area contributed by atoms with Crippen LogP contribution in [0.1, 0.15) is 32.1 Å². The Labute approximate surface area is 66.0 Å². The molecule has 0 radical (unpaired) electrons. The van der Waals surface area contributed by atoms with Crippen molar-refractivity contribution in [3.63, 3.8) is 0 Å². The van der Waals surface area contributed by atoms with E-state index in [4.69, 9.17) is 11.8 Å². The van der Waals surface area contributed by atoms with E-state index in [-0.39, 0.29) is 11.8 Å². The number of rotatable bonds is 1. The highest BCUT2D eigenvalue weighted by atomic mass is 35.5. The van der Waals surface area contributed by atoms with Crippen molar-refractivity contribution in [2.45, 2.75) is 32.1 Å². The molecule has 1 fully saturated rings. The zero-order valence-corrected chi connectivity index (χ0v) is 6.66. The second kappa shape index (κ2) is 3.81. The quantitative estimate of drug-likeness (QED) is 0.585. The number of hydrogen-bond donors (Lipinski definition) is 1. The maximum absolute atomic E-state index is 10.9. The third-order valence-electron chi connectivity index (χ3n) is 2.07. The third kappa shape index (κ3) is 1.87. The number of carbonyl (C=O) groups is 1. The van der Waals surface area contributed by atoms with E-state index >= 15 is 0 Å². The standard InChI is InChI=1S/C7H12ClNO/c8-9-7(10)6-4-2-1-3-5-6/h6H,1-5H2,(H,9,10). The number of amides is 1. The van der Waals surface area contributed by atoms with E-state index in [1.807, 2.05) is 0 Å². The van der Waals surface area contributed by atoms with E-state index in [9.17, 15) is 4.79 Å². The molecule has 1 saturated carbocycles. The zero-order chi connectivity index (χ0) is 7.40. The molecule has 0 aromatic carbocycles. The summed E-state index contributed by atoms with van der Waals surface area (Å²) in [7, 11) is 0. The SMILES string of the molecule is O=C(NCl)C1CCCCC1. The van der Waals surface area contributed by atoms with Crippen molar-refractivity contribution in [2.24, 2.45) is 5.92 Å². The first-order valence-electron chi connectivity index (χ1n) is 3.75. The second-order valence-electron chi connectivity index (χ2n) is 2.79. The van der Waals surface area contributed by atoms with Gasteiger partial charge in [-0.15, -0.1) is 0 Å². The summed E-state index contributed by atoms with van der Waals surface area (Å²) in [5.41, 5.74) is 0. The van der Waals surface area contributed by atoms with Crippen molar-refractivity contribution in [3.05, 3.63) is 0 Å². The van der Waals surface area contributed by atoms with Crippen LogP contribution in [0.5, 0.6) is 0 Å². The fourth-order valence-electron chi connectivity index (χ4n) is 1.44. The van der Waals surface area contributed by atoms with Gasteiger partial charge in [-0.2, -0.15) is 0 Å². The van der Waals surface area contributed by atoms with Gasteiger partial charge in [-0.05, 0) is 12.8 Å². The molecular formula is C7H12ClNO. The molecule has 0 aromatic rings. The summed E-state index contributed by atoms with van der Waals surface area (Å²) in [6.45, 7) is 0. The van der Waals surface area contributed by atoms with Gasteiger partial charge in [-0.3, -0.25) is 9.63 Å². The molecule has 2 nitrogen and oxygen atoms in total. The first-order valence-corrected chi connectivity index (χ1v) is 4.13. The predicted molar refractivity (Wildman–Crippen MR) is 40.6 cm³/mol. The van der Waals surface area contributed by atoms with Crippen molar-refractivity contribution in [1.82, 2.24) is 4.84 Å². The highest BCUT2D eigenvalue weighted by Gasteiger charge is 2.19. The maximum atomic E-state index is 10.9. The lowest BCUT2D eigenvalue weighted by molar-refractivity contribution is -0.124. The summed E-state index contributed by atoms with van der Waals surface area (Å²) in [5, 5.41) is 0. The van der Waals surface area contributed by atoms with E-state index in [0.717, 1.165) is 12.8 Å². The van der Waals surface area contributed by atoms with Gasteiger partial charge in [0.25, 0.3) is 0 Å². The van der Waals surface area contributed by atoms with E-state index in [2.05, 4.69) is 4.84 Å². The molecule has 10 heavy (non-hydrogen) atoms. The lowest BCUT2D eigenvalue weighted by Gasteiger charge is -2.18. The molecular weight excluding hydrogens is 150 g/mol. The summed E-state index contributed by atoms with van der Waals surface area (Å²) in [6.07, 6.45) is 5.65. The molecule has 1 amide bonds. The molecule has 0 heterocycles. The van der Waals surface area contributed by atoms with Crippen LogP contribution in [0.2, 0.25) is 0 Å². The first-order chi connectivity index (χ1) is 4.84. The number of hydrogen-bond acceptors (Lipinski definition) is 1. The van der Waals surface area contributed by atoms with E-state index in [1.165, 1.54) is 19.3 Å². The van der Waals surface area contributed by atoms with Gasteiger partial charge in [0.1, 0.15) is 0 Å². The number of halogens is 1. The van der Waals surface area contributed by atoms with Crippen LogP contribution >= 0.6 is 11.8 Å². The van der Waals surface area contributed by atoms with Gasteiger partial charge in [0.15, 0.2) is 0 Å². The minimum Gasteiger partial charge on any atom is -0.273 e. The fraction of sp³-hybridized carbons (Fsp3) is 0.857. The van der Waals surface area contributed by atoms with Gasteiger partial charge in [0.05, 0.1) is 0 Å². The highest BCUT2D eigenvalue weighted by molar-refractivity contribution is 6.21. The number of nitrogens with one attached hydrogen (secondary N) is 1. The summed E-state index contributed by atoms with van der Waals surface area (Å²) in [6, 6.07) is 0. The summed E-state index contributed by atoms with van der Waals surface area (Å²) in [5.74, 6) is 0.188. The van der Waals surface area contributed by atoms with Gasteiger partial charge >= 0.3 is 0 Å². The minimum atomic E-state index is 0.00127. The molecule has 0 aliphatic heterocycles. The Morgan fingerprint density at radius 2 is 1.90 bits per heavy atom. The summed E-state index contributed by atoms with van der Waals surface area (Å²) < 4.78 is 0. The van der Waals surface area contributed by atoms with Crippen LogP contribution in [0, 0.1) is 5.92 Å². The predicted octanol–water partition coefficient (Wildman–Crippen LogP) is 1.84. The Morgan fingerprint density at radius 1 is 1.30 bits per heavy atom. The fourth-order valence-corrected chi connectivity index (χ4v) is 1.60. The Balaban J connectivity index is 2.31. The third-order valence-corrected chi connectivity index (χ3v) is 2.26. The van der Waals surface area contributed by atoms with Crippen molar-refractivity contribution in [1.29, 1.82) is 0 Å². The molecule has 0 unspecified atom stereocenters. The average molecular weight is 162 g/mol. The smallest absolute Gasteiger partial charge is 0.237 e. The Hall–Kier alpha value is -0.240. The highest BCUT2D eigenvalue weighted by Crippen LogP contribution is 2.23. The van der Waals surface area contributed by atoms with Crippen LogP contribution in [-0.2, 0) is 4.79 Å². The summed E-state index contributed by atoms with van der Waals surface area (Å²) >= 11 is 5.19. The molecule has 3 heteroatoms. The monoisotopic (exact) mass is 161 g/mol. The van der Waals surface area contributed by atoms with Gasteiger partial charge in [-0.25, -0.2) is 0 Å². The topological polar surface area (TPSA) is 29.1 Å². The maximum Gasteiger partial charge on any atom is 0.237 e. The molecule has 1 rings (SSSR count). The molecule has 0 bridgehead atoms. The van der Waals surface area contributed by atoms with E-state index < -0.39 is 0 Å². The second-order valence-corrected chi connectivity index (χ2v) is 2.98. The molecule has 0 atom stereocenters. The molecule has 1 N–H and O–H groups in total. The molecule has 1 aliphatic rings. The lowest BCUT2D eigenvalue weighted by atomic mass is 9.89. The van der Waals surface area contributed by atoms with E-state index in [0.29, 0.717) is 0 Å². The van der Waals surface area contributed by atoms with Gasteiger partial charge in [0, 0.05) is 17.7 Å². The van der Waals surface area contributed by atoms with Gasteiger partial charge in [0.2, 0.25) is 5.91 Å². The van der Waals surface area contributed by atoms with Crippen LogP contribution in [0.4, 0.5) is 0 Å². The molecule has 0 aromatic heterocycles. The summed E-state index contributed by atoms with van der Waals surface area (Å²) in [4.78, 5) is 13.1. The lowest BCUT2D eigenvalue weighted by Crippen LogP contribution is -2.25. The van der Waals surface area contributed by atoms with Crippen LogP contribution in [-0.4, -0.2) is 5.91 Å². The van der Waals surface area contributed by atoms with Gasteiger partial charge in [-0.1, -0.05) is 19.3 Å². The van der Waals surface area contributed by atoms with Crippen LogP contribution in [0.3, 0.4) is 0 Å². The molecule has 0 spiro atoms. The van der Waals surface area contributed by atoms with Crippen molar-refractivity contribution in [2.75, 3.05) is 0 Å². The number of carbonyl (C=O) groups excluding carboxylic acids is 1. The van der Waals surface area contributed by atoms with Crippen molar-refractivity contribution < 1.29 is 4.79 Å². The largest absolute Gasteiger partial charge is 0.273 e. The Kier molecular flexibility index (Phi) is 3.00. The van der Waals surface area contributed by atoms with Crippen LogP contribution in [0.15, 0.2) is 0 Å². The van der Waals surface area contributed by atoms with Crippen LogP contribution < -0.4 is 4.84 Å². The van der Waals surface area contributed by atoms with Gasteiger partial charge < -0.3 is 0 Å². The average Bonchev–Trinajstić information content (AvgIpc) is 2.05. The molecule has 0 saturated heterocycles. The molecule has 58 valence electrons. The Bertz CT molecular complexity index is 121.